The molecule has 0 aromatic carbocycles. The molecule has 0 unspecified atom stereocenters. The summed E-state index contributed by atoms with van der Waals surface area (Å²) in [5, 5.41) is 6.45. The predicted molar refractivity (Wildman–Crippen MR) is 69.9 cm³/mol. The molecule has 1 aromatic rings. The summed E-state index contributed by atoms with van der Waals surface area (Å²) < 4.78 is 5.22. The second-order valence-corrected chi connectivity index (χ2v) is 4.18. The van der Waals surface area contributed by atoms with Crippen molar-refractivity contribution in [2.45, 2.75) is 13.5 Å². The Labute approximate surface area is 101 Å². The molecule has 5 heteroatoms. The van der Waals surface area contributed by atoms with E-state index in [1.165, 1.54) is 0 Å². The topological polar surface area (TPSA) is 49.6 Å². The Morgan fingerprint density at radius 2 is 2.38 bits per heavy atom. The van der Waals surface area contributed by atoms with E-state index in [0.717, 1.165) is 30.6 Å². The first-order valence-corrected chi connectivity index (χ1v) is 6.79. The number of aliphatic imine (C=N–C) groups is 1. The van der Waals surface area contributed by atoms with Gasteiger partial charge in [-0.2, -0.15) is 11.8 Å². The van der Waals surface area contributed by atoms with Crippen LogP contribution in [0.25, 0.3) is 0 Å². The maximum Gasteiger partial charge on any atom is 0.191 e. The van der Waals surface area contributed by atoms with Gasteiger partial charge in [-0.15, -0.1) is 0 Å². The number of furan rings is 1. The molecule has 0 radical (unpaired) electrons. The van der Waals surface area contributed by atoms with E-state index < -0.39 is 0 Å². The number of hydrogen-bond acceptors (Lipinski definition) is 3. The molecule has 0 atom stereocenters. The molecular weight excluding hydrogens is 222 g/mol. The molecule has 4 nitrogen and oxygen atoms in total. The standard InChI is InChI=1S/C11H19N3OS/c1-3-12-11(13-6-8-16-2)14-9-10-5-4-7-15-10/h4-5,7H,3,6,8-9H2,1-2H3,(H2,12,13,14). The van der Waals surface area contributed by atoms with Gasteiger partial charge in [-0.25, -0.2) is 4.99 Å². The monoisotopic (exact) mass is 241 g/mol. The number of guanidine groups is 1. The Balaban J connectivity index is 2.38. The average Bonchev–Trinajstić information content (AvgIpc) is 2.79. The van der Waals surface area contributed by atoms with Crippen LogP contribution in [0.1, 0.15) is 12.7 Å². The molecular formula is C11H19N3OS. The van der Waals surface area contributed by atoms with Gasteiger partial charge in [0.25, 0.3) is 0 Å². The lowest BCUT2D eigenvalue weighted by Gasteiger charge is -2.09. The Hall–Kier alpha value is -1.10. The molecule has 0 aliphatic heterocycles. The van der Waals surface area contributed by atoms with Crippen molar-refractivity contribution in [1.29, 1.82) is 0 Å². The van der Waals surface area contributed by atoms with Crippen LogP contribution in [0, 0.1) is 0 Å². The quantitative estimate of drug-likeness (QED) is 0.452. The maximum atomic E-state index is 5.22. The van der Waals surface area contributed by atoms with Crippen LogP contribution in [0.2, 0.25) is 0 Å². The molecule has 2 N–H and O–H groups in total. The number of hydrogen-bond donors (Lipinski definition) is 2. The van der Waals surface area contributed by atoms with Crippen LogP contribution in [0.4, 0.5) is 0 Å². The van der Waals surface area contributed by atoms with Crippen molar-refractivity contribution in [1.82, 2.24) is 10.6 Å². The first-order chi connectivity index (χ1) is 7.86. The highest BCUT2D eigenvalue weighted by molar-refractivity contribution is 7.98. The summed E-state index contributed by atoms with van der Waals surface area (Å²) in [4.78, 5) is 4.42. The van der Waals surface area contributed by atoms with Gasteiger partial charge in [0, 0.05) is 18.8 Å². The highest BCUT2D eigenvalue weighted by atomic mass is 32.2. The zero-order valence-corrected chi connectivity index (χ0v) is 10.6. The first-order valence-electron chi connectivity index (χ1n) is 5.40. The molecule has 0 aliphatic carbocycles. The third-order valence-electron chi connectivity index (χ3n) is 1.92. The summed E-state index contributed by atoms with van der Waals surface area (Å²) in [5.74, 6) is 2.79. The van der Waals surface area contributed by atoms with Gasteiger partial charge in [-0.3, -0.25) is 0 Å². The smallest absolute Gasteiger partial charge is 0.191 e. The van der Waals surface area contributed by atoms with Crippen molar-refractivity contribution in [2.75, 3.05) is 25.1 Å². The van der Waals surface area contributed by atoms with Crippen LogP contribution >= 0.6 is 11.8 Å². The van der Waals surface area contributed by atoms with Crippen molar-refractivity contribution >= 4 is 17.7 Å². The van der Waals surface area contributed by atoms with Gasteiger partial charge in [-0.05, 0) is 25.3 Å². The lowest BCUT2D eigenvalue weighted by atomic mass is 10.4. The largest absolute Gasteiger partial charge is 0.467 e. The highest BCUT2D eigenvalue weighted by Gasteiger charge is 1.97. The van der Waals surface area contributed by atoms with E-state index in [-0.39, 0.29) is 0 Å². The summed E-state index contributed by atoms with van der Waals surface area (Å²) in [6.45, 7) is 4.41. The minimum atomic E-state index is 0.571. The van der Waals surface area contributed by atoms with Crippen molar-refractivity contribution in [3.8, 4) is 0 Å². The maximum absolute atomic E-state index is 5.22. The number of rotatable bonds is 6. The normalized spacial score (nSPS) is 11.5. The average molecular weight is 241 g/mol. The summed E-state index contributed by atoms with van der Waals surface area (Å²) in [5.41, 5.74) is 0. The lowest BCUT2D eigenvalue weighted by molar-refractivity contribution is 0.512. The van der Waals surface area contributed by atoms with E-state index >= 15 is 0 Å². The fraction of sp³-hybridized carbons (Fsp3) is 0.545. The van der Waals surface area contributed by atoms with Crippen LogP contribution in [0.3, 0.4) is 0 Å². The number of thioether (sulfide) groups is 1. The lowest BCUT2D eigenvalue weighted by Crippen LogP contribution is -2.38. The number of nitrogens with one attached hydrogen (secondary N) is 2. The van der Waals surface area contributed by atoms with Gasteiger partial charge in [0.05, 0.1) is 6.26 Å². The van der Waals surface area contributed by atoms with Gasteiger partial charge in [0.1, 0.15) is 12.3 Å². The van der Waals surface area contributed by atoms with E-state index in [9.17, 15) is 0 Å². The molecule has 0 bridgehead atoms. The number of nitrogens with zero attached hydrogens (tertiary/aromatic N) is 1. The highest BCUT2D eigenvalue weighted by Crippen LogP contribution is 2.00. The third kappa shape index (κ3) is 5.11. The fourth-order valence-electron chi connectivity index (χ4n) is 1.17. The van der Waals surface area contributed by atoms with Crippen molar-refractivity contribution in [2.24, 2.45) is 4.99 Å². The SMILES string of the molecule is CCNC(=NCc1ccco1)NCCSC. The summed E-state index contributed by atoms with van der Waals surface area (Å²) in [7, 11) is 0. The molecule has 0 saturated carbocycles. The van der Waals surface area contributed by atoms with E-state index in [0.29, 0.717) is 6.54 Å². The van der Waals surface area contributed by atoms with E-state index in [1.807, 2.05) is 23.9 Å². The fourth-order valence-corrected chi connectivity index (χ4v) is 1.48. The molecule has 0 fully saturated rings. The summed E-state index contributed by atoms with van der Waals surface area (Å²) in [6.07, 6.45) is 3.76. The van der Waals surface area contributed by atoms with Gasteiger partial charge in [0.2, 0.25) is 0 Å². The summed E-state index contributed by atoms with van der Waals surface area (Å²) >= 11 is 1.81. The zero-order chi connectivity index (χ0) is 11.6. The van der Waals surface area contributed by atoms with Gasteiger partial charge in [-0.1, -0.05) is 0 Å². The van der Waals surface area contributed by atoms with Crippen LogP contribution in [0.15, 0.2) is 27.8 Å². The van der Waals surface area contributed by atoms with Gasteiger partial charge >= 0.3 is 0 Å². The van der Waals surface area contributed by atoms with Crippen LogP contribution in [-0.4, -0.2) is 31.1 Å². The van der Waals surface area contributed by atoms with E-state index in [1.54, 1.807) is 6.26 Å². The molecule has 1 aromatic heterocycles. The van der Waals surface area contributed by atoms with E-state index in [4.69, 9.17) is 4.42 Å². The third-order valence-corrected chi connectivity index (χ3v) is 2.53. The van der Waals surface area contributed by atoms with Crippen LogP contribution in [0.5, 0.6) is 0 Å². The second-order valence-electron chi connectivity index (χ2n) is 3.19. The van der Waals surface area contributed by atoms with Crippen molar-refractivity contribution in [3.63, 3.8) is 0 Å². The summed E-state index contributed by atoms with van der Waals surface area (Å²) in [6, 6.07) is 3.80. The Morgan fingerprint density at radius 1 is 1.50 bits per heavy atom. The Morgan fingerprint density at radius 3 is 3.00 bits per heavy atom. The van der Waals surface area contributed by atoms with E-state index in [2.05, 4.69) is 28.8 Å². The first kappa shape index (κ1) is 13.0. The minimum absolute atomic E-state index is 0.571. The molecule has 90 valence electrons. The van der Waals surface area contributed by atoms with Gasteiger partial charge in [0.15, 0.2) is 5.96 Å². The molecule has 0 spiro atoms. The Kier molecular flexibility index (Phi) is 6.56. The van der Waals surface area contributed by atoms with Crippen LogP contribution < -0.4 is 10.6 Å². The molecule has 1 heterocycles. The molecule has 0 saturated heterocycles. The minimum Gasteiger partial charge on any atom is -0.467 e. The predicted octanol–water partition coefficient (Wildman–Crippen LogP) is 1.70. The van der Waals surface area contributed by atoms with Crippen molar-refractivity contribution in [3.05, 3.63) is 24.2 Å². The second kappa shape index (κ2) is 8.10. The molecule has 0 aliphatic rings. The van der Waals surface area contributed by atoms with Crippen LogP contribution in [-0.2, 0) is 6.54 Å². The molecule has 1 rings (SSSR count). The molecule has 16 heavy (non-hydrogen) atoms. The Bertz CT molecular complexity index is 298. The zero-order valence-electron chi connectivity index (χ0n) is 9.82. The molecule has 0 amide bonds. The van der Waals surface area contributed by atoms with Gasteiger partial charge < -0.3 is 15.1 Å². The van der Waals surface area contributed by atoms with Crippen molar-refractivity contribution < 1.29 is 4.42 Å².